The van der Waals surface area contributed by atoms with Crippen molar-refractivity contribution < 1.29 is 9.13 Å². The van der Waals surface area contributed by atoms with Crippen LogP contribution in [0, 0.1) is 5.82 Å². The Morgan fingerprint density at radius 1 is 1.19 bits per heavy atom. The highest BCUT2D eigenvalue weighted by molar-refractivity contribution is 6.31. The number of hydrogen-bond donors (Lipinski definition) is 1. The number of aromatic nitrogens is 1. The Kier molecular flexibility index (Phi) is 5.25. The molecule has 3 nitrogen and oxygen atoms in total. The molecule has 0 spiro atoms. The van der Waals surface area contributed by atoms with E-state index in [2.05, 4.69) is 34.3 Å². The number of fused-ring (bicyclic) bond motifs is 1. The van der Waals surface area contributed by atoms with E-state index in [-0.39, 0.29) is 5.82 Å². The molecule has 1 aromatic heterocycles. The van der Waals surface area contributed by atoms with Crippen LogP contribution in [0.15, 0.2) is 48.7 Å². The van der Waals surface area contributed by atoms with E-state index in [1.54, 1.807) is 6.07 Å². The van der Waals surface area contributed by atoms with Gasteiger partial charge in [0.05, 0.1) is 6.10 Å². The highest BCUT2D eigenvalue weighted by atomic mass is 35.5. The molecule has 1 N–H and O–H groups in total. The fraction of sp³-hybridized carbons (Fsp3) is 0.333. The largest absolute Gasteiger partial charge is 0.377 e. The van der Waals surface area contributed by atoms with Crippen molar-refractivity contribution in [2.45, 2.75) is 32.0 Å². The lowest BCUT2D eigenvalue weighted by molar-refractivity contribution is 0.110. The maximum atomic E-state index is 13.3. The number of benzene rings is 2. The number of para-hydroxylation sites is 1. The van der Waals surface area contributed by atoms with Gasteiger partial charge < -0.3 is 14.6 Å². The van der Waals surface area contributed by atoms with Crippen molar-refractivity contribution in [3.05, 3.63) is 70.6 Å². The molecular formula is C21H22ClFN2O. The van der Waals surface area contributed by atoms with Crippen LogP contribution >= 0.6 is 11.6 Å². The fourth-order valence-corrected chi connectivity index (χ4v) is 3.83. The van der Waals surface area contributed by atoms with Crippen molar-refractivity contribution >= 4 is 22.5 Å². The lowest BCUT2D eigenvalue weighted by atomic mass is 10.1. The highest BCUT2D eigenvalue weighted by Gasteiger charge is 2.15. The third-order valence-electron chi connectivity index (χ3n) is 4.94. The van der Waals surface area contributed by atoms with E-state index in [1.807, 2.05) is 6.07 Å². The molecule has 1 saturated heterocycles. The predicted molar refractivity (Wildman–Crippen MR) is 103 cm³/mol. The average Bonchev–Trinajstić information content (AvgIpc) is 3.26. The molecule has 0 amide bonds. The van der Waals surface area contributed by atoms with Gasteiger partial charge >= 0.3 is 0 Å². The minimum atomic E-state index is -0.310. The first-order chi connectivity index (χ1) is 12.7. The molecule has 1 aliphatic heterocycles. The Morgan fingerprint density at radius 2 is 2.08 bits per heavy atom. The molecule has 1 aliphatic rings. The van der Waals surface area contributed by atoms with Crippen LogP contribution in [-0.4, -0.2) is 23.8 Å². The zero-order valence-electron chi connectivity index (χ0n) is 14.6. The molecule has 0 aliphatic carbocycles. The average molecular weight is 373 g/mol. The highest BCUT2D eigenvalue weighted by Crippen LogP contribution is 2.25. The Bertz CT molecular complexity index is 902. The molecule has 0 radical (unpaired) electrons. The molecule has 26 heavy (non-hydrogen) atoms. The summed E-state index contributed by atoms with van der Waals surface area (Å²) >= 11 is 6.21. The van der Waals surface area contributed by atoms with Crippen LogP contribution in [0.25, 0.3) is 10.9 Å². The van der Waals surface area contributed by atoms with Crippen LogP contribution in [0.3, 0.4) is 0 Å². The summed E-state index contributed by atoms with van der Waals surface area (Å²) in [6, 6.07) is 12.9. The summed E-state index contributed by atoms with van der Waals surface area (Å²) in [5, 5.41) is 5.20. The first-order valence-electron chi connectivity index (χ1n) is 9.04. The van der Waals surface area contributed by atoms with Crippen LogP contribution in [0.4, 0.5) is 4.39 Å². The molecular weight excluding hydrogens is 351 g/mol. The van der Waals surface area contributed by atoms with Crippen molar-refractivity contribution in [3.8, 4) is 0 Å². The summed E-state index contributed by atoms with van der Waals surface area (Å²) in [5.41, 5.74) is 3.31. The van der Waals surface area contributed by atoms with E-state index in [9.17, 15) is 4.39 Å². The van der Waals surface area contributed by atoms with Crippen molar-refractivity contribution in [2.24, 2.45) is 0 Å². The molecule has 5 heteroatoms. The van der Waals surface area contributed by atoms with Gasteiger partial charge in [0.25, 0.3) is 0 Å². The molecule has 136 valence electrons. The molecule has 2 heterocycles. The van der Waals surface area contributed by atoms with Crippen molar-refractivity contribution in [3.63, 3.8) is 0 Å². The van der Waals surface area contributed by atoms with E-state index >= 15 is 0 Å². The summed E-state index contributed by atoms with van der Waals surface area (Å²) in [6.45, 7) is 3.17. The molecule has 0 unspecified atom stereocenters. The number of hydrogen-bond acceptors (Lipinski definition) is 2. The van der Waals surface area contributed by atoms with Crippen LogP contribution in [0.1, 0.15) is 24.0 Å². The van der Waals surface area contributed by atoms with E-state index < -0.39 is 0 Å². The number of nitrogens with one attached hydrogen (secondary N) is 1. The second kappa shape index (κ2) is 7.78. The number of ether oxygens (including phenoxy) is 1. The van der Waals surface area contributed by atoms with Crippen LogP contribution in [0.5, 0.6) is 0 Å². The minimum absolute atomic E-state index is 0.310. The number of rotatable bonds is 6. The maximum Gasteiger partial charge on any atom is 0.124 e. The molecule has 2 aromatic carbocycles. The van der Waals surface area contributed by atoms with Gasteiger partial charge in [0, 0.05) is 48.4 Å². The van der Waals surface area contributed by atoms with Gasteiger partial charge in [-0.25, -0.2) is 4.39 Å². The zero-order valence-corrected chi connectivity index (χ0v) is 15.3. The molecule has 3 aromatic rings. The second-order valence-electron chi connectivity index (χ2n) is 6.80. The number of nitrogens with zero attached hydrogens (tertiary/aromatic N) is 1. The van der Waals surface area contributed by atoms with Crippen molar-refractivity contribution in [1.29, 1.82) is 0 Å². The smallest absolute Gasteiger partial charge is 0.124 e. The SMILES string of the molecule is Fc1ccc(Cn2cc(CNC[C@@H]3CCCO3)c3ccccc32)c(Cl)c1. The normalized spacial score (nSPS) is 17.2. The van der Waals surface area contributed by atoms with Crippen LogP contribution in [-0.2, 0) is 17.8 Å². The summed E-state index contributed by atoms with van der Waals surface area (Å²) in [6.07, 6.45) is 4.79. The van der Waals surface area contributed by atoms with Gasteiger partial charge in [-0.1, -0.05) is 35.9 Å². The van der Waals surface area contributed by atoms with Gasteiger partial charge in [-0.05, 0) is 42.2 Å². The minimum Gasteiger partial charge on any atom is -0.377 e. The van der Waals surface area contributed by atoms with E-state index in [4.69, 9.17) is 16.3 Å². The molecule has 4 rings (SSSR count). The van der Waals surface area contributed by atoms with Crippen LogP contribution in [0.2, 0.25) is 5.02 Å². The van der Waals surface area contributed by atoms with Gasteiger partial charge in [0.2, 0.25) is 0 Å². The van der Waals surface area contributed by atoms with E-state index in [1.165, 1.54) is 23.1 Å². The third-order valence-corrected chi connectivity index (χ3v) is 5.29. The second-order valence-corrected chi connectivity index (χ2v) is 7.21. The van der Waals surface area contributed by atoms with Gasteiger partial charge in [-0.2, -0.15) is 0 Å². The van der Waals surface area contributed by atoms with E-state index in [0.29, 0.717) is 17.7 Å². The van der Waals surface area contributed by atoms with Gasteiger partial charge in [0.15, 0.2) is 0 Å². The molecule has 0 saturated carbocycles. The Balaban J connectivity index is 1.55. The number of halogens is 2. The maximum absolute atomic E-state index is 13.3. The standard InChI is InChI=1S/C21H22ClFN2O/c22-20-10-17(23)8-7-15(20)13-25-14-16(19-5-1-2-6-21(19)25)11-24-12-18-4-3-9-26-18/h1-2,5-8,10,14,18,24H,3-4,9,11-13H2/t18-/m0/s1. The predicted octanol–water partition coefficient (Wildman–Crippen LogP) is 4.75. The fourth-order valence-electron chi connectivity index (χ4n) is 3.60. The van der Waals surface area contributed by atoms with Crippen molar-refractivity contribution in [1.82, 2.24) is 9.88 Å². The lowest BCUT2D eigenvalue weighted by Gasteiger charge is -2.10. The zero-order chi connectivity index (χ0) is 17.9. The summed E-state index contributed by atoms with van der Waals surface area (Å²) in [5.74, 6) is -0.310. The monoisotopic (exact) mass is 372 g/mol. The van der Waals surface area contributed by atoms with Crippen LogP contribution < -0.4 is 5.32 Å². The Morgan fingerprint density at radius 3 is 2.88 bits per heavy atom. The molecule has 1 fully saturated rings. The summed E-state index contributed by atoms with van der Waals surface area (Å²) in [4.78, 5) is 0. The summed E-state index contributed by atoms with van der Waals surface area (Å²) in [7, 11) is 0. The Labute approximate surface area is 157 Å². The molecule has 1 atom stereocenters. The Hall–Kier alpha value is -1.88. The first kappa shape index (κ1) is 17.5. The third kappa shape index (κ3) is 3.78. The van der Waals surface area contributed by atoms with Gasteiger partial charge in [-0.3, -0.25) is 0 Å². The van der Waals surface area contributed by atoms with Gasteiger partial charge in [0.1, 0.15) is 5.82 Å². The van der Waals surface area contributed by atoms with E-state index in [0.717, 1.165) is 43.6 Å². The van der Waals surface area contributed by atoms with Gasteiger partial charge in [-0.15, -0.1) is 0 Å². The lowest BCUT2D eigenvalue weighted by Crippen LogP contribution is -2.25. The quantitative estimate of drug-likeness (QED) is 0.675. The molecule has 0 bridgehead atoms. The first-order valence-corrected chi connectivity index (χ1v) is 9.41. The topological polar surface area (TPSA) is 26.2 Å². The summed E-state index contributed by atoms with van der Waals surface area (Å²) < 4.78 is 21.2. The van der Waals surface area contributed by atoms with Crippen molar-refractivity contribution in [2.75, 3.05) is 13.2 Å².